The molecular weight excluding hydrogens is 386 g/mol. The summed E-state index contributed by atoms with van der Waals surface area (Å²) >= 11 is 0. The lowest BCUT2D eigenvalue weighted by atomic mass is 9.98. The van der Waals surface area contributed by atoms with Crippen LogP contribution >= 0.6 is 0 Å². The van der Waals surface area contributed by atoms with Gasteiger partial charge in [0.2, 0.25) is 0 Å². The monoisotopic (exact) mass is 409 g/mol. The summed E-state index contributed by atoms with van der Waals surface area (Å²) in [4.78, 5) is 34.7. The Balaban J connectivity index is 1.69. The minimum Gasteiger partial charge on any atom is -0.481 e. The molecule has 0 aromatic heterocycles. The maximum atomic E-state index is 12.6. The average Bonchev–Trinajstić information content (AvgIpc) is 3.05. The number of benzene rings is 2. The molecule has 7 nitrogen and oxygen atoms in total. The van der Waals surface area contributed by atoms with E-state index in [1.54, 1.807) is 0 Å². The Hall–Kier alpha value is -3.45. The van der Waals surface area contributed by atoms with E-state index in [1.807, 2.05) is 48.5 Å². The van der Waals surface area contributed by atoms with Crippen molar-refractivity contribution in [3.63, 3.8) is 0 Å². The van der Waals surface area contributed by atoms with Crippen molar-refractivity contribution in [2.45, 2.75) is 30.8 Å². The molecule has 0 bridgehead atoms. The van der Waals surface area contributed by atoms with Crippen LogP contribution in [0.1, 0.15) is 29.9 Å². The SMILES string of the molecule is C=CC(N[C@@H](CCC(=O)O)C(=O)O)C(=O)OCC1c2ccccc2-c2ccccc21. The van der Waals surface area contributed by atoms with E-state index in [2.05, 4.69) is 11.9 Å². The van der Waals surface area contributed by atoms with Crippen molar-refractivity contribution in [3.8, 4) is 11.1 Å². The Morgan fingerprint density at radius 1 is 1.03 bits per heavy atom. The largest absolute Gasteiger partial charge is 0.481 e. The van der Waals surface area contributed by atoms with Crippen LogP contribution in [0.4, 0.5) is 0 Å². The summed E-state index contributed by atoms with van der Waals surface area (Å²) in [6.45, 7) is 3.67. The van der Waals surface area contributed by atoms with E-state index in [4.69, 9.17) is 9.84 Å². The average molecular weight is 409 g/mol. The second-order valence-electron chi connectivity index (χ2n) is 7.06. The summed E-state index contributed by atoms with van der Waals surface area (Å²) < 4.78 is 5.52. The number of carboxylic acid groups (broad SMARTS) is 2. The number of fused-ring (bicyclic) bond motifs is 3. The van der Waals surface area contributed by atoms with Gasteiger partial charge in [0.1, 0.15) is 18.7 Å². The number of carbonyl (C=O) groups is 3. The molecule has 0 amide bonds. The van der Waals surface area contributed by atoms with Crippen molar-refractivity contribution >= 4 is 17.9 Å². The van der Waals surface area contributed by atoms with Crippen molar-refractivity contribution < 1.29 is 29.3 Å². The van der Waals surface area contributed by atoms with Crippen LogP contribution in [-0.2, 0) is 19.1 Å². The lowest BCUT2D eigenvalue weighted by Crippen LogP contribution is -2.47. The maximum absolute atomic E-state index is 12.6. The number of aliphatic carboxylic acids is 2. The highest BCUT2D eigenvalue weighted by Crippen LogP contribution is 2.44. The van der Waals surface area contributed by atoms with Crippen molar-refractivity contribution in [1.29, 1.82) is 0 Å². The van der Waals surface area contributed by atoms with Crippen LogP contribution in [-0.4, -0.2) is 46.8 Å². The highest BCUT2D eigenvalue weighted by atomic mass is 16.5. The minimum absolute atomic E-state index is 0.103. The fraction of sp³-hybridized carbons (Fsp3) is 0.261. The number of ether oxygens (including phenoxy) is 1. The Labute approximate surface area is 174 Å². The van der Waals surface area contributed by atoms with Gasteiger partial charge in [0.15, 0.2) is 0 Å². The first-order chi connectivity index (χ1) is 14.4. The number of hydrogen-bond donors (Lipinski definition) is 3. The summed E-state index contributed by atoms with van der Waals surface area (Å²) in [5, 5.41) is 20.7. The number of carboxylic acids is 2. The predicted octanol–water partition coefficient (Wildman–Crippen LogP) is 2.80. The normalized spacial score (nSPS) is 14.3. The lowest BCUT2D eigenvalue weighted by molar-refractivity contribution is -0.146. The molecule has 3 N–H and O–H groups in total. The van der Waals surface area contributed by atoms with Crippen molar-refractivity contribution in [2.75, 3.05) is 6.61 Å². The van der Waals surface area contributed by atoms with Crippen molar-refractivity contribution in [3.05, 3.63) is 72.3 Å². The van der Waals surface area contributed by atoms with Crippen LogP contribution in [0.15, 0.2) is 61.2 Å². The number of esters is 1. The highest BCUT2D eigenvalue weighted by Gasteiger charge is 2.31. The molecule has 1 aliphatic carbocycles. The van der Waals surface area contributed by atoms with Gasteiger partial charge < -0.3 is 14.9 Å². The third-order valence-electron chi connectivity index (χ3n) is 5.17. The molecule has 1 aliphatic rings. The maximum Gasteiger partial charge on any atom is 0.327 e. The minimum atomic E-state index is -1.24. The second-order valence-corrected chi connectivity index (χ2v) is 7.06. The van der Waals surface area contributed by atoms with Gasteiger partial charge in [0, 0.05) is 12.3 Å². The van der Waals surface area contributed by atoms with Gasteiger partial charge in [-0.15, -0.1) is 6.58 Å². The Kier molecular flexibility index (Phi) is 6.64. The van der Waals surface area contributed by atoms with Gasteiger partial charge in [0.25, 0.3) is 0 Å². The van der Waals surface area contributed by atoms with Gasteiger partial charge in [-0.05, 0) is 28.7 Å². The molecule has 156 valence electrons. The quantitative estimate of drug-likeness (QED) is 0.408. The van der Waals surface area contributed by atoms with Crippen LogP contribution in [0, 0.1) is 0 Å². The zero-order valence-corrected chi connectivity index (χ0v) is 16.3. The predicted molar refractivity (Wildman–Crippen MR) is 110 cm³/mol. The molecule has 0 saturated carbocycles. The van der Waals surface area contributed by atoms with E-state index in [0.717, 1.165) is 22.3 Å². The molecule has 2 aromatic carbocycles. The molecular formula is C23H23NO6. The highest BCUT2D eigenvalue weighted by molar-refractivity contribution is 5.82. The Bertz CT molecular complexity index is 924. The van der Waals surface area contributed by atoms with Crippen LogP contribution in [0.5, 0.6) is 0 Å². The van der Waals surface area contributed by atoms with Gasteiger partial charge >= 0.3 is 17.9 Å². The molecule has 0 spiro atoms. The van der Waals surface area contributed by atoms with E-state index in [1.165, 1.54) is 6.08 Å². The molecule has 0 fully saturated rings. The molecule has 2 atom stereocenters. The van der Waals surface area contributed by atoms with E-state index in [-0.39, 0.29) is 25.4 Å². The molecule has 2 aromatic rings. The Morgan fingerprint density at radius 2 is 1.60 bits per heavy atom. The van der Waals surface area contributed by atoms with E-state index < -0.39 is 30.0 Å². The molecule has 7 heteroatoms. The van der Waals surface area contributed by atoms with Crippen LogP contribution in [0.3, 0.4) is 0 Å². The smallest absolute Gasteiger partial charge is 0.327 e. The number of nitrogens with one attached hydrogen (secondary N) is 1. The first-order valence-electron chi connectivity index (χ1n) is 9.60. The number of rotatable bonds is 10. The first-order valence-corrected chi connectivity index (χ1v) is 9.60. The topological polar surface area (TPSA) is 113 Å². The van der Waals surface area contributed by atoms with Gasteiger partial charge in [-0.1, -0.05) is 54.6 Å². The van der Waals surface area contributed by atoms with E-state index in [9.17, 15) is 19.5 Å². The number of carbonyl (C=O) groups excluding carboxylic acids is 1. The number of hydrogen-bond acceptors (Lipinski definition) is 5. The standard InChI is InChI=1S/C23H23NO6/c1-2-19(24-20(22(27)28)11-12-21(25)26)23(29)30-13-18-16-9-5-3-7-14(16)15-8-4-6-10-17(15)18/h2-10,18-20,24H,1,11-13H2,(H,25,26)(H,27,28)/t19?,20-/m0/s1. The molecule has 0 aliphatic heterocycles. The molecule has 0 saturated heterocycles. The van der Waals surface area contributed by atoms with Gasteiger partial charge in [-0.25, -0.2) is 0 Å². The van der Waals surface area contributed by atoms with Crippen LogP contribution < -0.4 is 5.32 Å². The third kappa shape index (κ3) is 4.58. The zero-order valence-electron chi connectivity index (χ0n) is 16.3. The fourth-order valence-corrected chi connectivity index (χ4v) is 3.69. The van der Waals surface area contributed by atoms with Crippen LogP contribution in [0.2, 0.25) is 0 Å². The summed E-state index contributed by atoms with van der Waals surface area (Å²) in [5.41, 5.74) is 4.35. The molecule has 0 heterocycles. The van der Waals surface area contributed by atoms with Gasteiger partial charge in [-0.3, -0.25) is 19.7 Å². The van der Waals surface area contributed by atoms with Crippen LogP contribution in [0.25, 0.3) is 11.1 Å². The molecule has 30 heavy (non-hydrogen) atoms. The molecule has 0 radical (unpaired) electrons. The van der Waals surface area contributed by atoms with E-state index in [0.29, 0.717) is 0 Å². The van der Waals surface area contributed by atoms with Gasteiger partial charge in [0.05, 0.1) is 0 Å². The fourth-order valence-electron chi connectivity index (χ4n) is 3.69. The zero-order chi connectivity index (χ0) is 21.7. The molecule has 1 unspecified atom stereocenters. The van der Waals surface area contributed by atoms with E-state index >= 15 is 0 Å². The molecule has 3 rings (SSSR count). The summed E-state index contributed by atoms with van der Waals surface area (Å²) in [6.07, 6.45) is 0.764. The van der Waals surface area contributed by atoms with Crippen molar-refractivity contribution in [1.82, 2.24) is 5.32 Å². The lowest BCUT2D eigenvalue weighted by Gasteiger charge is -2.21. The van der Waals surface area contributed by atoms with Crippen molar-refractivity contribution in [2.24, 2.45) is 0 Å². The summed E-state index contributed by atoms with van der Waals surface area (Å²) in [7, 11) is 0. The second kappa shape index (κ2) is 9.37. The summed E-state index contributed by atoms with van der Waals surface area (Å²) in [5.74, 6) is -3.13. The van der Waals surface area contributed by atoms with Gasteiger partial charge in [-0.2, -0.15) is 0 Å². The third-order valence-corrected chi connectivity index (χ3v) is 5.17. The summed E-state index contributed by atoms with van der Waals surface area (Å²) in [6, 6.07) is 13.6. The first kappa shape index (κ1) is 21.3. The Morgan fingerprint density at radius 3 is 2.10 bits per heavy atom.